The van der Waals surface area contributed by atoms with E-state index in [1.165, 1.54) is 20.3 Å². The van der Waals surface area contributed by atoms with Crippen molar-refractivity contribution in [2.75, 3.05) is 33.6 Å². The molecular weight excluding hydrogens is 666 g/mol. The summed E-state index contributed by atoms with van der Waals surface area (Å²) in [6.07, 6.45) is 0.437. The van der Waals surface area contributed by atoms with Crippen LogP contribution in [0.3, 0.4) is 0 Å². The first kappa shape index (κ1) is 62.7. The minimum absolute atomic E-state index is 0.00463. The number of esters is 2. The molecule has 0 aliphatic carbocycles. The molecule has 0 bridgehead atoms. The predicted octanol–water partition coefficient (Wildman–Crippen LogP) is 5.94. The highest BCUT2D eigenvalue weighted by molar-refractivity contribution is 7.91. The maximum absolute atomic E-state index is 10.6. The number of carbonyl (C=O) groups excluding carboxylic acids is 5. The molecule has 0 fully saturated rings. The first-order valence-corrected chi connectivity index (χ1v) is 19.3. The molecule has 0 saturated carbocycles. The van der Waals surface area contributed by atoms with Crippen molar-refractivity contribution in [3.63, 3.8) is 0 Å². The molecule has 0 aliphatic heterocycles. The van der Waals surface area contributed by atoms with Crippen molar-refractivity contribution in [1.82, 2.24) is 5.32 Å². The Labute approximate surface area is 307 Å². The molecule has 0 spiro atoms. The Bertz CT molecular complexity index is 889. The molecule has 1 amide bonds. The van der Waals surface area contributed by atoms with Gasteiger partial charge in [0, 0.05) is 31.1 Å². The third-order valence-electron chi connectivity index (χ3n) is 6.17. The van der Waals surface area contributed by atoms with Gasteiger partial charge in [0.2, 0.25) is 5.91 Å². The van der Waals surface area contributed by atoms with Gasteiger partial charge in [-0.1, -0.05) is 96.9 Å². The number of methoxy groups -OCH3 is 1. The van der Waals surface area contributed by atoms with Crippen molar-refractivity contribution in [2.24, 2.45) is 41.4 Å². The van der Waals surface area contributed by atoms with E-state index in [-0.39, 0.29) is 70.9 Å². The van der Waals surface area contributed by atoms with Gasteiger partial charge < -0.3 is 25.0 Å². The van der Waals surface area contributed by atoms with Crippen molar-refractivity contribution >= 4 is 39.2 Å². The van der Waals surface area contributed by atoms with E-state index >= 15 is 0 Å². The van der Waals surface area contributed by atoms with Crippen LogP contribution in [0.5, 0.6) is 0 Å². The number of rotatable bonds is 10. The zero-order valence-electron chi connectivity index (χ0n) is 35.6. The Hall–Kier alpha value is -2.38. The van der Waals surface area contributed by atoms with Gasteiger partial charge in [0.15, 0.2) is 11.6 Å². The SMILES string of the molecule is CC(C)C(=O)CO.CC(C)C(=O)[C@H](C)O.CC(C)C(C)C.CC(C)S(C)(=O)=O.CCOC(=O)C(C)C.CNC(=O)C(C)C.COC(=O)C(C)C. The van der Waals surface area contributed by atoms with Gasteiger partial charge in [0.05, 0.1) is 30.8 Å². The molecule has 0 saturated heterocycles. The first-order chi connectivity index (χ1) is 22.4. The van der Waals surface area contributed by atoms with Gasteiger partial charge in [0.25, 0.3) is 0 Å². The molecule has 0 aromatic rings. The number of nitrogens with one attached hydrogen (secondary N) is 1. The number of sulfone groups is 1. The van der Waals surface area contributed by atoms with E-state index in [4.69, 9.17) is 10.2 Å². The summed E-state index contributed by atoms with van der Waals surface area (Å²) in [5, 5.41) is 19.1. The van der Waals surface area contributed by atoms with Crippen LogP contribution in [0.25, 0.3) is 0 Å². The third-order valence-corrected chi connectivity index (χ3v) is 7.88. The second kappa shape index (κ2) is 37.9. The van der Waals surface area contributed by atoms with Crippen LogP contribution < -0.4 is 5.32 Å². The van der Waals surface area contributed by atoms with Gasteiger partial charge in [0.1, 0.15) is 22.5 Å². The normalized spacial score (nSPS) is 10.8. The van der Waals surface area contributed by atoms with Crippen LogP contribution in [0.1, 0.15) is 125 Å². The Morgan fingerprint density at radius 2 is 0.980 bits per heavy atom. The van der Waals surface area contributed by atoms with Crippen LogP contribution in [0.15, 0.2) is 0 Å². The van der Waals surface area contributed by atoms with E-state index in [9.17, 15) is 32.4 Å². The molecule has 12 nitrogen and oxygen atoms in total. The summed E-state index contributed by atoms with van der Waals surface area (Å²) < 4.78 is 29.7. The standard InChI is InChI=1S/2C6H12O2.C6H14.C5H11NO.2C5H10O2.C4H10O2S/c1-4-8-6(7)5(2)3;1-4(2)6(8)5(3)7;1-5(2)6(3)4;1-4(2)5(7)6-3;1-4(2)5(6)7-3;1-4(2)5(7)3-6;1-4(2)7(3,5)6/h5H,4H2,1-3H3;4-5,7H,1-3H3;5-6H,1-4H3;4H,1-3H3,(H,6,7);4H,1-3H3;4,6H,3H2,1-2H3;4H,1-3H3/t;5-;;;;;/m.0...../s1. The molecule has 0 rings (SSSR count). The average Bonchev–Trinajstić information content (AvgIpc) is 3.00. The minimum Gasteiger partial charge on any atom is -0.469 e. The second-order valence-electron chi connectivity index (χ2n) is 13.7. The Morgan fingerprint density at radius 3 is 1.00 bits per heavy atom. The molecule has 0 aromatic carbocycles. The largest absolute Gasteiger partial charge is 0.469 e. The summed E-state index contributed by atoms with van der Waals surface area (Å²) in [5.41, 5.74) is 0. The number of hydrogen-bond acceptors (Lipinski definition) is 11. The number of aliphatic hydroxyl groups is 2. The van der Waals surface area contributed by atoms with Crippen molar-refractivity contribution in [1.29, 1.82) is 0 Å². The molecule has 3 N–H and O–H groups in total. The number of amides is 1. The number of Topliss-reactive ketones (excluding diaryl/α,β-unsaturated/α-hetero) is 2. The number of ketones is 2. The maximum Gasteiger partial charge on any atom is 0.308 e. The number of ether oxygens (including phenoxy) is 2. The van der Waals surface area contributed by atoms with Gasteiger partial charge in [-0.15, -0.1) is 0 Å². The Balaban J connectivity index is -0.0000000864. The maximum atomic E-state index is 10.6. The second-order valence-corrected chi connectivity index (χ2v) is 16.3. The summed E-state index contributed by atoms with van der Waals surface area (Å²) in [5.74, 6) is 1.40. The number of hydrogen-bond donors (Lipinski definition) is 3. The van der Waals surface area contributed by atoms with E-state index in [0.29, 0.717) is 6.61 Å². The summed E-state index contributed by atoms with van der Waals surface area (Å²) in [6, 6.07) is 0. The van der Waals surface area contributed by atoms with E-state index < -0.39 is 15.9 Å². The van der Waals surface area contributed by atoms with Crippen molar-refractivity contribution in [3.8, 4) is 0 Å². The van der Waals surface area contributed by atoms with Crippen LogP contribution in [0.2, 0.25) is 0 Å². The van der Waals surface area contributed by atoms with Crippen molar-refractivity contribution in [2.45, 2.75) is 136 Å². The van der Waals surface area contributed by atoms with Gasteiger partial charge in [-0.05, 0) is 39.5 Å². The highest BCUT2D eigenvalue weighted by atomic mass is 32.2. The lowest BCUT2D eigenvalue weighted by molar-refractivity contribution is -0.147. The molecule has 50 heavy (non-hydrogen) atoms. The highest BCUT2D eigenvalue weighted by Crippen LogP contribution is 2.05. The average molecular weight is 746 g/mol. The number of carbonyl (C=O) groups is 5. The van der Waals surface area contributed by atoms with Crippen LogP contribution in [-0.4, -0.2) is 93.0 Å². The molecule has 0 radical (unpaired) electrons. The number of aliphatic hydroxyl groups excluding tert-OH is 2. The lowest BCUT2D eigenvalue weighted by atomic mass is 10.0. The zero-order valence-corrected chi connectivity index (χ0v) is 36.4. The summed E-state index contributed by atoms with van der Waals surface area (Å²) in [7, 11) is 0.292. The van der Waals surface area contributed by atoms with E-state index in [1.807, 2.05) is 27.7 Å². The summed E-state index contributed by atoms with van der Waals surface area (Å²) >= 11 is 0. The van der Waals surface area contributed by atoms with E-state index in [1.54, 1.807) is 69.4 Å². The fourth-order valence-corrected chi connectivity index (χ4v) is 1.50. The zero-order chi connectivity index (χ0) is 42.1. The lowest BCUT2D eigenvalue weighted by Crippen LogP contribution is -2.22. The van der Waals surface area contributed by atoms with E-state index in [0.717, 1.165) is 11.8 Å². The molecule has 304 valence electrons. The lowest BCUT2D eigenvalue weighted by Gasteiger charge is -2.05. The molecule has 13 heteroatoms. The quantitative estimate of drug-likeness (QED) is 0.224. The van der Waals surface area contributed by atoms with Gasteiger partial charge >= 0.3 is 11.9 Å². The van der Waals surface area contributed by atoms with Crippen LogP contribution in [-0.2, 0) is 43.3 Å². The van der Waals surface area contributed by atoms with Crippen LogP contribution in [0, 0.1) is 41.4 Å². The van der Waals surface area contributed by atoms with E-state index in [2.05, 4.69) is 42.5 Å². The Kier molecular flexibility index (Phi) is 47.5. The van der Waals surface area contributed by atoms with Crippen molar-refractivity contribution < 1.29 is 52.1 Å². The fourth-order valence-electron chi connectivity index (χ4n) is 1.50. The van der Waals surface area contributed by atoms with Gasteiger partial charge in [-0.25, -0.2) is 8.42 Å². The molecule has 0 unspecified atom stereocenters. The minimum atomic E-state index is -2.74. The third kappa shape index (κ3) is 55.0. The molecule has 0 aliphatic rings. The topological polar surface area (TPSA) is 190 Å². The summed E-state index contributed by atoms with van der Waals surface area (Å²) in [6.45, 7) is 33.8. The predicted molar refractivity (Wildman–Crippen MR) is 205 cm³/mol. The molecule has 0 heterocycles. The van der Waals surface area contributed by atoms with Crippen LogP contribution >= 0.6 is 0 Å². The van der Waals surface area contributed by atoms with Crippen LogP contribution in [0.4, 0.5) is 0 Å². The fraction of sp³-hybridized carbons (Fsp3) is 0.865. The first-order valence-electron chi connectivity index (χ1n) is 17.4. The smallest absolute Gasteiger partial charge is 0.308 e. The molecular formula is C37H79NO11S. The monoisotopic (exact) mass is 746 g/mol. The highest BCUT2D eigenvalue weighted by Gasteiger charge is 2.12. The van der Waals surface area contributed by atoms with Gasteiger partial charge in [-0.3, -0.25) is 24.0 Å². The Morgan fingerprint density at radius 1 is 0.640 bits per heavy atom. The summed E-state index contributed by atoms with van der Waals surface area (Å²) in [4.78, 5) is 52.1. The molecule has 0 aromatic heterocycles. The van der Waals surface area contributed by atoms with Crippen molar-refractivity contribution in [3.05, 3.63) is 0 Å². The molecule has 1 atom stereocenters. The van der Waals surface area contributed by atoms with Gasteiger partial charge in [-0.2, -0.15) is 0 Å².